The molecule has 0 amide bonds. The minimum atomic E-state index is -0.857. The Balaban J connectivity index is 1.36. The SMILES string of the molecule is OC1(c2ccccn2)CCN(c2cc(C3=NCc4ccccc43)ccn2)CC1. The number of nitrogens with zero attached hydrogens (tertiary/aromatic N) is 4. The summed E-state index contributed by atoms with van der Waals surface area (Å²) in [6.07, 6.45) is 4.87. The maximum absolute atomic E-state index is 11.0. The van der Waals surface area contributed by atoms with Gasteiger partial charge in [0.05, 0.1) is 18.0 Å². The van der Waals surface area contributed by atoms with Crippen LogP contribution in [0.4, 0.5) is 5.82 Å². The van der Waals surface area contributed by atoms with Crippen LogP contribution in [0.3, 0.4) is 0 Å². The van der Waals surface area contributed by atoms with Crippen LogP contribution in [0.25, 0.3) is 0 Å². The van der Waals surface area contributed by atoms with Crippen LogP contribution in [0.1, 0.15) is 35.2 Å². The van der Waals surface area contributed by atoms with Crippen molar-refractivity contribution in [2.75, 3.05) is 18.0 Å². The van der Waals surface area contributed by atoms with Crippen LogP contribution >= 0.6 is 0 Å². The van der Waals surface area contributed by atoms with E-state index in [2.05, 4.69) is 45.2 Å². The normalized spacial score (nSPS) is 17.9. The van der Waals surface area contributed by atoms with Crippen molar-refractivity contribution in [3.63, 3.8) is 0 Å². The first-order valence-corrected chi connectivity index (χ1v) is 9.71. The standard InChI is InChI=1S/C23H22N4O/c28-23(20-7-3-4-11-24-20)9-13-27(14-10-23)21-15-17(8-12-25-21)22-19-6-2-1-5-18(19)16-26-22/h1-8,11-12,15,28H,9-10,13-14,16H2. The van der Waals surface area contributed by atoms with Gasteiger partial charge in [-0.05, 0) is 42.7 Å². The van der Waals surface area contributed by atoms with Crippen molar-refractivity contribution in [2.24, 2.45) is 4.99 Å². The molecule has 0 atom stereocenters. The summed E-state index contributed by atoms with van der Waals surface area (Å²) >= 11 is 0. The summed E-state index contributed by atoms with van der Waals surface area (Å²) in [4.78, 5) is 15.9. The van der Waals surface area contributed by atoms with E-state index in [1.165, 1.54) is 11.1 Å². The largest absolute Gasteiger partial charge is 0.383 e. The number of pyridine rings is 2. The Hall–Kier alpha value is -3.05. The number of piperidine rings is 1. The van der Waals surface area contributed by atoms with E-state index in [0.717, 1.165) is 42.4 Å². The molecule has 3 aromatic rings. The second kappa shape index (κ2) is 6.84. The van der Waals surface area contributed by atoms with Gasteiger partial charge in [0.2, 0.25) is 0 Å². The average Bonchev–Trinajstić information content (AvgIpc) is 3.19. The number of hydrogen-bond donors (Lipinski definition) is 1. The fourth-order valence-electron chi connectivity index (χ4n) is 4.12. The van der Waals surface area contributed by atoms with Crippen LogP contribution in [0.5, 0.6) is 0 Å². The molecule has 5 rings (SSSR count). The van der Waals surface area contributed by atoms with Crippen molar-refractivity contribution < 1.29 is 5.11 Å². The van der Waals surface area contributed by atoms with E-state index < -0.39 is 5.60 Å². The number of benzene rings is 1. The molecule has 0 saturated carbocycles. The molecule has 28 heavy (non-hydrogen) atoms. The Morgan fingerprint density at radius 2 is 1.71 bits per heavy atom. The molecule has 140 valence electrons. The Bertz CT molecular complexity index is 1020. The van der Waals surface area contributed by atoms with Gasteiger partial charge in [-0.3, -0.25) is 9.98 Å². The highest BCUT2D eigenvalue weighted by atomic mass is 16.3. The Morgan fingerprint density at radius 1 is 0.893 bits per heavy atom. The molecular formula is C23H22N4O. The third kappa shape index (κ3) is 2.98. The number of hydrogen-bond acceptors (Lipinski definition) is 5. The van der Waals surface area contributed by atoms with Crippen LogP contribution in [0.2, 0.25) is 0 Å². The van der Waals surface area contributed by atoms with Crippen LogP contribution < -0.4 is 4.90 Å². The third-order valence-corrected chi connectivity index (χ3v) is 5.76. The topological polar surface area (TPSA) is 61.6 Å². The zero-order valence-corrected chi connectivity index (χ0v) is 15.6. The molecular weight excluding hydrogens is 348 g/mol. The van der Waals surface area contributed by atoms with E-state index in [1.807, 2.05) is 30.5 Å². The molecule has 2 aliphatic rings. The summed E-state index contributed by atoms with van der Waals surface area (Å²) in [6, 6.07) is 18.2. The molecule has 2 aliphatic heterocycles. The van der Waals surface area contributed by atoms with Crippen molar-refractivity contribution in [3.05, 3.63) is 89.4 Å². The van der Waals surface area contributed by atoms with Crippen LogP contribution in [0.15, 0.2) is 72.0 Å². The van der Waals surface area contributed by atoms with Crippen molar-refractivity contribution >= 4 is 11.5 Å². The zero-order chi connectivity index (χ0) is 19.0. The van der Waals surface area contributed by atoms with E-state index in [1.54, 1.807) is 6.20 Å². The highest BCUT2D eigenvalue weighted by Crippen LogP contribution is 2.33. The third-order valence-electron chi connectivity index (χ3n) is 5.76. The lowest BCUT2D eigenvalue weighted by atomic mass is 9.87. The summed E-state index contributed by atoms with van der Waals surface area (Å²) in [5, 5.41) is 11.0. The van der Waals surface area contributed by atoms with E-state index >= 15 is 0 Å². The quantitative estimate of drug-likeness (QED) is 0.768. The molecule has 1 aromatic carbocycles. The van der Waals surface area contributed by atoms with E-state index in [9.17, 15) is 5.11 Å². The van der Waals surface area contributed by atoms with E-state index in [-0.39, 0.29) is 0 Å². The molecule has 1 fully saturated rings. The first kappa shape index (κ1) is 17.1. The van der Waals surface area contributed by atoms with Gasteiger partial charge in [-0.25, -0.2) is 4.98 Å². The maximum atomic E-state index is 11.0. The number of aliphatic imine (C=N–C) groups is 1. The molecule has 0 unspecified atom stereocenters. The van der Waals surface area contributed by atoms with Gasteiger partial charge < -0.3 is 10.0 Å². The molecule has 0 aliphatic carbocycles. The van der Waals surface area contributed by atoms with E-state index in [0.29, 0.717) is 12.8 Å². The number of rotatable bonds is 3. The van der Waals surface area contributed by atoms with Gasteiger partial charge in [-0.2, -0.15) is 0 Å². The number of aliphatic hydroxyl groups is 1. The van der Waals surface area contributed by atoms with Crippen LogP contribution in [-0.4, -0.2) is 33.9 Å². The van der Waals surface area contributed by atoms with Crippen molar-refractivity contribution in [1.82, 2.24) is 9.97 Å². The van der Waals surface area contributed by atoms with Crippen molar-refractivity contribution in [1.29, 1.82) is 0 Å². The second-order valence-electron chi connectivity index (χ2n) is 7.46. The van der Waals surface area contributed by atoms with Crippen molar-refractivity contribution in [2.45, 2.75) is 25.0 Å². The van der Waals surface area contributed by atoms with Gasteiger partial charge in [0, 0.05) is 36.6 Å². The molecule has 0 radical (unpaired) electrons. The maximum Gasteiger partial charge on any atom is 0.129 e. The Labute approximate surface area is 164 Å². The predicted molar refractivity (Wildman–Crippen MR) is 110 cm³/mol. The fraction of sp³-hybridized carbons (Fsp3) is 0.261. The molecule has 0 bridgehead atoms. The number of aromatic nitrogens is 2. The van der Waals surface area contributed by atoms with Crippen LogP contribution in [-0.2, 0) is 12.1 Å². The van der Waals surface area contributed by atoms with Gasteiger partial charge in [0.25, 0.3) is 0 Å². The molecule has 5 heteroatoms. The lowest BCUT2D eigenvalue weighted by Gasteiger charge is -2.38. The van der Waals surface area contributed by atoms with Gasteiger partial charge >= 0.3 is 0 Å². The second-order valence-corrected chi connectivity index (χ2v) is 7.46. The van der Waals surface area contributed by atoms with Gasteiger partial charge in [0.15, 0.2) is 0 Å². The average molecular weight is 370 g/mol. The van der Waals surface area contributed by atoms with Gasteiger partial charge in [0.1, 0.15) is 11.4 Å². The summed E-state index contributed by atoms with van der Waals surface area (Å²) in [5.41, 5.74) is 4.52. The highest BCUT2D eigenvalue weighted by molar-refractivity contribution is 6.15. The minimum Gasteiger partial charge on any atom is -0.383 e. The van der Waals surface area contributed by atoms with Gasteiger partial charge in [-0.1, -0.05) is 30.3 Å². The van der Waals surface area contributed by atoms with Gasteiger partial charge in [-0.15, -0.1) is 0 Å². The molecule has 0 spiro atoms. The fourth-order valence-corrected chi connectivity index (χ4v) is 4.12. The van der Waals surface area contributed by atoms with E-state index in [4.69, 9.17) is 4.99 Å². The molecule has 2 aromatic heterocycles. The Morgan fingerprint density at radius 3 is 2.54 bits per heavy atom. The van der Waals surface area contributed by atoms with Crippen molar-refractivity contribution in [3.8, 4) is 0 Å². The van der Waals surface area contributed by atoms with Crippen LogP contribution in [0, 0.1) is 0 Å². The number of fused-ring (bicyclic) bond motifs is 1. The zero-order valence-electron chi connectivity index (χ0n) is 15.6. The Kier molecular flexibility index (Phi) is 4.17. The summed E-state index contributed by atoms with van der Waals surface area (Å²) in [5.74, 6) is 0.938. The lowest BCUT2D eigenvalue weighted by molar-refractivity contribution is 0.00750. The molecule has 4 heterocycles. The number of anilines is 1. The predicted octanol–water partition coefficient (Wildman–Crippen LogP) is 3.32. The molecule has 1 saturated heterocycles. The highest BCUT2D eigenvalue weighted by Gasteiger charge is 2.35. The molecule has 1 N–H and O–H groups in total. The summed E-state index contributed by atoms with van der Waals surface area (Å²) < 4.78 is 0. The minimum absolute atomic E-state index is 0.639. The monoisotopic (exact) mass is 370 g/mol. The lowest BCUT2D eigenvalue weighted by Crippen LogP contribution is -2.43. The first-order valence-electron chi connectivity index (χ1n) is 9.71. The summed E-state index contributed by atoms with van der Waals surface area (Å²) in [7, 11) is 0. The summed E-state index contributed by atoms with van der Waals surface area (Å²) in [6.45, 7) is 2.23. The molecule has 5 nitrogen and oxygen atoms in total. The smallest absolute Gasteiger partial charge is 0.129 e. The first-order chi connectivity index (χ1) is 13.7.